The molecule has 3 aromatic heterocycles. The average Bonchev–Trinajstić information content (AvgIpc) is 3.17. The molecule has 3 aromatic rings. The van der Waals surface area contributed by atoms with Gasteiger partial charge < -0.3 is 20.1 Å². The molecule has 3 N–H and O–H groups in total. The highest BCUT2D eigenvalue weighted by Crippen LogP contribution is 2.22. The maximum atomic E-state index is 9.07. The fraction of sp³-hybridized carbons (Fsp3) is 0.294. The van der Waals surface area contributed by atoms with E-state index in [2.05, 4.69) is 35.4 Å². The summed E-state index contributed by atoms with van der Waals surface area (Å²) in [5, 5.41) is 19.5. The lowest BCUT2D eigenvalue weighted by molar-refractivity contribution is 0.122. The summed E-state index contributed by atoms with van der Waals surface area (Å²) < 4.78 is 5.36. The average molecular weight is 353 g/mol. The summed E-state index contributed by atoms with van der Waals surface area (Å²) in [5.41, 5.74) is 2.34. The van der Waals surface area contributed by atoms with Crippen molar-refractivity contribution in [3.8, 4) is 11.3 Å². The number of hydrogen-bond acceptors (Lipinski definition) is 8. The topological polar surface area (TPSA) is 112 Å². The van der Waals surface area contributed by atoms with Gasteiger partial charge in [0.15, 0.2) is 5.82 Å². The van der Waals surface area contributed by atoms with Gasteiger partial charge in [-0.15, -0.1) is 0 Å². The number of morpholine rings is 1. The predicted octanol–water partition coefficient (Wildman–Crippen LogP) is 1.33. The minimum Gasteiger partial charge on any atom is -0.390 e. The zero-order valence-electron chi connectivity index (χ0n) is 14.1. The lowest BCUT2D eigenvalue weighted by Gasteiger charge is -2.26. The first-order chi connectivity index (χ1) is 12.8. The Morgan fingerprint density at radius 1 is 1.15 bits per heavy atom. The maximum absolute atomic E-state index is 9.07. The number of anilines is 3. The van der Waals surface area contributed by atoms with Gasteiger partial charge in [0.2, 0.25) is 5.95 Å². The van der Waals surface area contributed by atoms with Gasteiger partial charge in [-0.2, -0.15) is 10.1 Å². The van der Waals surface area contributed by atoms with E-state index in [-0.39, 0.29) is 6.61 Å². The number of nitrogens with zero attached hydrogens (tertiary/aromatic N) is 5. The van der Waals surface area contributed by atoms with Gasteiger partial charge in [-0.1, -0.05) is 0 Å². The van der Waals surface area contributed by atoms with E-state index in [9.17, 15) is 0 Å². The minimum atomic E-state index is -0.0742. The van der Waals surface area contributed by atoms with Crippen LogP contribution >= 0.6 is 0 Å². The number of pyridine rings is 1. The highest BCUT2D eigenvalue weighted by atomic mass is 16.5. The number of aromatic amines is 1. The Morgan fingerprint density at radius 2 is 2.04 bits per heavy atom. The molecule has 0 spiro atoms. The van der Waals surface area contributed by atoms with Gasteiger partial charge in [-0.25, -0.2) is 4.98 Å². The molecule has 0 aromatic carbocycles. The zero-order chi connectivity index (χ0) is 17.8. The molecular formula is C17H19N7O2. The molecule has 9 heteroatoms. The molecule has 4 heterocycles. The Hall–Kier alpha value is -3.04. The summed E-state index contributed by atoms with van der Waals surface area (Å²) in [6.45, 7) is 2.87. The highest BCUT2D eigenvalue weighted by molar-refractivity contribution is 5.64. The van der Waals surface area contributed by atoms with Crippen LogP contribution in [0.3, 0.4) is 0 Å². The normalized spacial score (nSPS) is 14.4. The summed E-state index contributed by atoms with van der Waals surface area (Å²) in [6, 6.07) is 7.35. The quantitative estimate of drug-likeness (QED) is 0.630. The van der Waals surface area contributed by atoms with Gasteiger partial charge in [0, 0.05) is 37.1 Å². The molecule has 0 atom stereocenters. The first-order valence-corrected chi connectivity index (χ1v) is 8.36. The third kappa shape index (κ3) is 3.63. The molecule has 0 bridgehead atoms. The summed E-state index contributed by atoms with van der Waals surface area (Å²) in [5.74, 6) is 2.00. The van der Waals surface area contributed by atoms with Crippen LogP contribution in [0.25, 0.3) is 11.3 Å². The molecular weight excluding hydrogens is 334 g/mol. The molecule has 0 radical (unpaired) electrons. The number of hydrogen-bond donors (Lipinski definition) is 3. The molecule has 0 saturated carbocycles. The van der Waals surface area contributed by atoms with E-state index in [0.717, 1.165) is 24.3 Å². The Morgan fingerprint density at radius 3 is 2.81 bits per heavy atom. The Bertz CT molecular complexity index is 860. The molecule has 0 unspecified atom stereocenters. The molecule has 0 aliphatic carbocycles. The fourth-order valence-corrected chi connectivity index (χ4v) is 2.68. The second-order valence-electron chi connectivity index (χ2n) is 5.83. The molecule has 1 fully saturated rings. The predicted molar refractivity (Wildman–Crippen MR) is 96.1 cm³/mol. The van der Waals surface area contributed by atoms with Gasteiger partial charge >= 0.3 is 0 Å². The smallest absolute Gasteiger partial charge is 0.227 e. The Kier molecular flexibility index (Phi) is 4.71. The second-order valence-corrected chi connectivity index (χ2v) is 5.83. The molecule has 4 rings (SSSR count). The molecule has 1 aliphatic rings. The summed E-state index contributed by atoms with van der Waals surface area (Å²) >= 11 is 0. The monoisotopic (exact) mass is 353 g/mol. The van der Waals surface area contributed by atoms with Crippen molar-refractivity contribution >= 4 is 17.6 Å². The standard InChI is InChI=1S/C17H19N7O2/c25-11-13-2-1-12(10-19-13)14-9-16(23-22-14)20-15-3-4-18-17(21-15)24-5-7-26-8-6-24/h1-4,9-10,25H,5-8,11H2,(H2,18,20,21,22,23). The number of rotatable bonds is 5. The van der Waals surface area contributed by atoms with Crippen molar-refractivity contribution in [1.82, 2.24) is 25.1 Å². The van der Waals surface area contributed by atoms with Crippen molar-refractivity contribution in [3.05, 3.63) is 42.4 Å². The second kappa shape index (κ2) is 7.46. The van der Waals surface area contributed by atoms with Crippen LogP contribution in [0.2, 0.25) is 0 Å². The first kappa shape index (κ1) is 16.4. The van der Waals surface area contributed by atoms with Crippen molar-refractivity contribution in [2.45, 2.75) is 6.61 Å². The van der Waals surface area contributed by atoms with E-state index >= 15 is 0 Å². The van der Waals surface area contributed by atoms with E-state index in [1.54, 1.807) is 24.5 Å². The zero-order valence-corrected chi connectivity index (χ0v) is 14.1. The van der Waals surface area contributed by atoms with E-state index in [4.69, 9.17) is 9.84 Å². The highest BCUT2D eigenvalue weighted by Gasteiger charge is 2.14. The van der Waals surface area contributed by atoms with Gasteiger partial charge in [0.05, 0.1) is 31.2 Å². The summed E-state index contributed by atoms with van der Waals surface area (Å²) in [6.07, 6.45) is 3.43. The molecule has 1 saturated heterocycles. The number of aromatic nitrogens is 5. The number of H-pyrrole nitrogens is 1. The Labute approximate surface area is 150 Å². The number of aliphatic hydroxyl groups excluding tert-OH is 1. The van der Waals surface area contributed by atoms with Crippen LogP contribution in [0.4, 0.5) is 17.6 Å². The van der Waals surface area contributed by atoms with Gasteiger partial charge in [-0.3, -0.25) is 10.1 Å². The van der Waals surface area contributed by atoms with Crippen LogP contribution in [0.15, 0.2) is 36.7 Å². The molecule has 1 aliphatic heterocycles. The number of aliphatic hydroxyl groups is 1. The van der Waals surface area contributed by atoms with E-state index < -0.39 is 0 Å². The molecule has 0 amide bonds. The number of ether oxygens (including phenoxy) is 1. The third-order valence-corrected chi connectivity index (χ3v) is 4.07. The molecule has 26 heavy (non-hydrogen) atoms. The van der Waals surface area contributed by atoms with Gasteiger partial charge in [0.25, 0.3) is 0 Å². The van der Waals surface area contributed by atoms with Crippen molar-refractivity contribution in [3.63, 3.8) is 0 Å². The number of nitrogens with one attached hydrogen (secondary N) is 2. The maximum Gasteiger partial charge on any atom is 0.227 e. The minimum absolute atomic E-state index is 0.0742. The lowest BCUT2D eigenvalue weighted by Crippen LogP contribution is -2.37. The van der Waals surface area contributed by atoms with Crippen molar-refractivity contribution in [1.29, 1.82) is 0 Å². The lowest BCUT2D eigenvalue weighted by atomic mass is 10.2. The molecule has 9 nitrogen and oxygen atoms in total. The SMILES string of the molecule is OCc1ccc(-c2cc(Nc3ccnc(N4CCOCC4)n3)n[nH]2)cn1. The molecule has 134 valence electrons. The van der Waals surface area contributed by atoms with Crippen molar-refractivity contribution in [2.75, 3.05) is 36.5 Å². The van der Waals surface area contributed by atoms with E-state index in [1.807, 2.05) is 12.1 Å². The fourth-order valence-electron chi connectivity index (χ4n) is 2.68. The van der Waals surface area contributed by atoms with Gasteiger partial charge in [0.1, 0.15) is 5.82 Å². The van der Waals surface area contributed by atoms with Gasteiger partial charge in [-0.05, 0) is 18.2 Å². The summed E-state index contributed by atoms with van der Waals surface area (Å²) in [4.78, 5) is 15.2. The third-order valence-electron chi connectivity index (χ3n) is 4.07. The van der Waals surface area contributed by atoms with Crippen LogP contribution in [0.5, 0.6) is 0 Å². The summed E-state index contributed by atoms with van der Waals surface area (Å²) in [7, 11) is 0. The van der Waals surface area contributed by atoms with Crippen LogP contribution in [-0.2, 0) is 11.3 Å². The van der Waals surface area contributed by atoms with Crippen LogP contribution in [0.1, 0.15) is 5.69 Å². The van der Waals surface area contributed by atoms with Crippen LogP contribution in [-0.4, -0.2) is 56.6 Å². The van der Waals surface area contributed by atoms with Crippen molar-refractivity contribution in [2.24, 2.45) is 0 Å². The first-order valence-electron chi connectivity index (χ1n) is 8.36. The van der Waals surface area contributed by atoms with E-state index in [1.165, 1.54) is 0 Å². The Balaban J connectivity index is 1.48. The van der Waals surface area contributed by atoms with Crippen LogP contribution < -0.4 is 10.2 Å². The van der Waals surface area contributed by atoms with Crippen molar-refractivity contribution < 1.29 is 9.84 Å². The van der Waals surface area contributed by atoms with E-state index in [0.29, 0.717) is 36.5 Å². The largest absolute Gasteiger partial charge is 0.390 e. The van der Waals surface area contributed by atoms with Crippen LogP contribution in [0, 0.1) is 0 Å².